The van der Waals surface area contributed by atoms with Crippen molar-refractivity contribution < 1.29 is 23.1 Å². The van der Waals surface area contributed by atoms with Gasteiger partial charge in [-0.15, -0.1) is 4.40 Å². The predicted molar refractivity (Wildman–Crippen MR) is 89.7 cm³/mol. The third-order valence-electron chi connectivity index (χ3n) is 4.47. The van der Waals surface area contributed by atoms with Crippen molar-refractivity contribution in [1.82, 2.24) is 9.80 Å². The molecule has 1 amide bonds. The first-order chi connectivity index (χ1) is 11.8. The summed E-state index contributed by atoms with van der Waals surface area (Å²) in [4.78, 5) is 26.8. The van der Waals surface area contributed by atoms with Gasteiger partial charge in [0.2, 0.25) is 5.91 Å². The number of carbonyl (C=O) groups is 2. The number of carboxylic acids is 1. The van der Waals surface area contributed by atoms with Crippen LogP contribution in [0.15, 0.2) is 33.6 Å². The molecule has 0 saturated carbocycles. The summed E-state index contributed by atoms with van der Waals surface area (Å²) in [5.41, 5.74) is 0.472. The van der Waals surface area contributed by atoms with E-state index in [0.29, 0.717) is 24.9 Å². The summed E-state index contributed by atoms with van der Waals surface area (Å²) in [7, 11) is -2.13. The first-order valence-corrected chi connectivity index (χ1v) is 9.39. The molecule has 9 heteroatoms. The molecule has 1 unspecified atom stereocenters. The van der Waals surface area contributed by atoms with Gasteiger partial charge in [-0.25, -0.2) is 0 Å². The Balaban J connectivity index is 1.74. The molecule has 1 N–H and O–H groups in total. The maximum atomic E-state index is 12.5. The third-order valence-corrected chi connectivity index (χ3v) is 5.79. The van der Waals surface area contributed by atoms with Crippen molar-refractivity contribution >= 4 is 27.7 Å². The summed E-state index contributed by atoms with van der Waals surface area (Å²) in [6, 6.07) is 6.48. The number of hydrogen-bond donors (Lipinski definition) is 1. The van der Waals surface area contributed by atoms with Gasteiger partial charge in [-0.2, -0.15) is 8.42 Å². The van der Waals surface area contributed by atoms with Crippen LogP contribution in [0.1, 0.15) is 18.4 Å². The Morgan fingerprint density at radius 3 is 2.80 bits per heavy atom. The van der Waals surface area contributed by atoms with Crippen molar-refractivity contribution in [3.63, 3.8) is 0 Å². The van der Waals surface area contributed by atoms with Crippen molar-refractivity contribution in [1.29, 1.82) is 0 Å². The number of benzene rings is 1. The van der Waals surface area contributed by atoms with Crippen LogP contribution < -0.4 is 0 Å². The van der Waals surface area contributed by atoms with Crippen LogP contribution in [0.5, 0.6) is 0 Å². The maximum absolute atomic E-state index is 12.5. The molecule has 134 valence electrons. The Hall–Kier alpha value is -2.42. The van der Waals surface area contributed by atoms with E-state index in [-0.39, 0.29) is 29.7 Å². The number of fused-ring (bicyclic) bond motifs is 1. The summed E-state index contributed by atoms with van der Waals surface area (Å²) in [5, 5.41) is 9.12. The average Bonchev–Trinajstić information content (AvgIpc) is 2.87. The van der Waals surface area contributed by atoms with Crippen LogP contribution in [0.2, 0.25) is 0 Å². The predicted octanol–water partition coefficient (Wildman–Crippen LogP) is 0.391. The second-order valence-electron chi connectivity index (χ2n) is 6.26. The quantitative estimate of drug-likeness (QED) is 0.830. The molecule has 0 spiro atoms. The second-order valence-corrected chi connectivity index (χ2v) is 7.83. The van der Waals surface area contributed by atoms with Gasteiger partial charge in [0.05, 0.1) is 12.5 Å². The molecule has 1 aromatic rings. The zero-order chi connectivity index (χ0) is 18.2. The zero-order valence-electron chi connectivity index (χ0n) is 13.8. The lowest BCUT2D eigenvalue weighted by Gasteiger charge is -2.32. The highest BCUT2D eigenvalue weighted by atomic mass is 32.2. The number of nitrogens with zero attached hydrogens (tertiary/aromatic N) is 3. The zero-order valence-corrected chi connectivity index (χ0v) is 14.6. The number of carbonyl (C=O) groups excluding carboxylic acids is 1. The van der Waals surface area contributed by atoms with Crippen molar-refractivity contribution in [2.45, 2.75) is 17.7 Å². The van der Waals surface area contributed by atoms with Crippen molar-refractivity contribution in [2.24, 2.45) is 10.3 Å². The van der Waals surface area contributed by atoms with Gasteiger partial charge in [0, 0.05) is 25.7 Å². The lowest BCUT2D eigenvalue weighted by molar-refractivity contribution is -0.145. The Bertz CT molecular complexity index is 849. The summed E-state index contributed by atoms with van der Waals surface area (Å²) < 4.78 is 28.0. The lowest BCUT2D eigenvalue weighted by atomic mass is 9.98. The molecule has 1 atom stereocenters. The minimum Gasteiger partial charge on any atom is -0.481 e. The number of amidine groups is 1. The molecule has 2 heterocycles. The van der Waals surface area contributed by atoms with E-state index in [1.807, 2.05) is 0 Å². The number of hydrogen-bond acceptors (Lipinski definition) is 5. The smallest absolute Gasteiger partial charge is 0.308 e. The third kappa shape index (κ3) is 3.37. The van der Waals surface area contributed by atoms with Crippen molar-refractivity contribution in [3.05, 3.63) is 29.8 Å². The Morgan fingerprint density at radius 2 is 2.08 bits per heavy atom. The Labute approximate surface area is 145 Å². The van der Waals surface area contributed by atoms with Crippen LogP contribution in [0, 0.1) is 5.92 Å². The summed E-state index contributed by atoms with van der Waals surface area (Å²) in [6.45, 7) is 0.635. The number of aliphatic carboxylic acids is 1. The van der Waals surface area contributed by atoms with E-state index in [2.05, 4.69) is 4.40 Å². The minimum absolute atomic E-state index is 0.0605. The van der Waals surface area contributed by atoms with Gasteiger partial charge < -0.3 is 14.9 Å². The highest BCUT2D eigenvalue weighted by molar-refractivity contribution is 7.90. The number of piperidine rings is 1. The van der Waals surface area contributed by atoms with Crippen molar-refractivity contribution in [2.75, 3.05) is 26.7 Å². The number of rotatable bonds is 3. The highest BCUT2D eigenvalue weighted by Gasteiger charge is 2.33. The van der Waals surface area contributed by atoms with E-state index in [9.17, 15) is 18.0 Å². The fraction of sp³-hybridized carbons (Fsp3) is 0.438. The minimum atomic E-state index is -3.74. The van der Waals surface area contributed by atoms with E-state index in [4.69, 9.17) is 5.11 Å². The van der Waals surface area contributed by atoms with Gasteiger partial charge in [0.25, 0.3) is 10.0 Å². The molecule has 0 bridgehead atoms. The highest BCUT2D eigenvalue weighted by Crippen LogP contribution is 2.27. The molecule has 1 aromatic carbocycles. The summed E-state index contributed by atoms with van der Waals surface area (Å²) >= 11 is 0. The molecule has 3 rings (SSSR count). The normalized spacial score (nSPS) is 21.4. The van der Waals surface area contributed by atoms with E-state index < -0.39 is 21.9 Å². The molecule has 0 aromatic heterocycles. The summed E-state index contributed by atoms with van der Waals surface area (Å²) in [6.07, 6.45) is 1.21. The fourth-order valence-corrected chi connectivity index (χ4v) is 4.40. The number of carboxylic acid groups (broad SMARTS) is 1. The molecule has 0 radical (unpaired) electrons. The van der Waals surface area contributed by atoms with Crippen LogP contribution in [-0.2, 0) is 19.6 Å². The van der Waals surface area contributed by atoms with Crippen LogP contribution in [0.25, 0.3) is 0 Å². The van der Waals surface area contributed by atoms with E-state index >= 15 is 0 Å². The van der Waals surface area contributed by atoms with Crippen molar-refractivity contribution in [3.8, 4) is 0 Å². The molecule has 0 aliphatic carbocycles. The Morgan fingerprint density at radius 1 is 1.36 bits per heavy atom. The van der Waals surface area contributed by atoms with Gasteiger partial charge in [-0.1, -0.05) is 12.1 Å². The molecule has 1 fully saturated rings. The number of likely N-dealkylation sites (tertiary alicyclic amines) is 1. The molecule has 2 aliphatic heterocycles. The van der Waals surface area contributed by atoms with E-state index in [1.165, 1.54) is 15.9 Å². The number of likely N-dealkylation sites (N-methyl/N-ethyl adjacent to an activating group) is 1. The monoisotopic (exact) mass is 365 g/mol. The first-order valence-electron chi connectivity index (χ1n) is 7.95. The fourth-order valence-electron chi connectivity index (χ4n) is 3.15. The average molecular weight is 365 g/mol. The van der Waals surface area contributed by atoms with E-state index in [0.717, 1.165) is 0 Å². The second kappa shape index (κ2) is 6.47. The molecular formula is C16H19N3O5S. The van der Waals surface area contributed by atoms with Gasteiger partial charge in [-0.3, -0.25) is 9.59 Å². The van der Waals surface area contributed by atoms with Crippen LogP contribution >= 0.6 is 0 Å². The van der Waals surface area contributed by atoms with Gasteiger partial charge in [0.15, 0.2) is 5.84 Å². The maximum Gasteiger partial charge on any atom is 0.308 e. The van der Waals surface area contributed by atoms with Gasteiger partial charge in [0.1, 0.15) is 4.90 Å². The van der Waals surface area contributed by atoms with Crippen LogP contribution in [0.4, 0.5) is 0 Å². The Kier molecular flexibility index (Phi) is 4.51. The first kappa shape index (κ1) is 17.4. The lowest BCUT2D eigenvalue weighted by Crippen LogP contribution is -2.46. The van der Waals surface area contributed by atoms with Gasteiger partial charge in [-0.05, 0) is 25.0 Å². The molecule has 25 heavy (non-hydrogen) atoms. The largest absolute Gasteiger partial charge is 0.481 e. The topological polar surface area (TPSA) is 107 Å². The van der Waals surface area contributed by atoms with E-state index in [1.54, 1.807) is 25.2 Å². The van der Waals surface area contributed by atoms with Gasteiger partial charge >= 0.3 is 5.97 Å². The standard InChI is InChI=1S/C16H19N3O5S/c1-18(10-14(20)19-8-4-5-11(9-19)16(21)22)15-12-6-2-3-7-13(12)25(23,24)17-15/h2-3,6-7,11H,4-5,8-10H2,1H3,(H,21,22). The molecular weight excluding hydrogens is 346 g/mol. The van der Waals surface area contributed by atoms with Crippen LogP contribution in [-0.4, -0.2) is 67.7 Å². The number of sulfonamides is 1. The number of amides is 1. The SMILES string of the molecule is CN(CC(=O)N1CCCC(C(=O)O)C1)C1=NS(=O)(=O)c2ccccc21. The van der Waals surface area contributed by atoms with Crippen LogP contribution in [0.3, 0.4) is 0 Å². The molecule has 1 saturated heterocycles. The molecule has 8 nitrogen and oxygen atoms in total. The molecule has 2 aliphatic rings. The summed E-state index contributed by atoms with van der Waals surface area (Å²) in [5.74, 6) is -1.45.